The van der Waals surface area contributed by atoms with E-state index in [4.69, 9.17) is 0 Å². The monoisotopic (exact) mass is 374 g/mol. The van der Waals surface area contributed by atoms with Crippen LogP contribution in [0.2, 0.25) is 0 Å². The van der Waals surface area contributed by atoms with Crippen LogP contribution in [0.5, 0.6) is 0 Å². The summed E-state index contributed by atoms with van der Waals surface area (Å²) in [5, 5.41) is 3.80. The second kappa shape index (κ2) is 8.17. The normalized spacial score (nSPS) is 13.9. The van der Waals surface area contributed by atoms with Gasteiger partial charge in [0.25, 0.3) is 5.91 Å². The Labute approximate surface area is 163 Å². The summed E-state index contributed by atoms with van der Waals surface area (Å²) in [7, 11) is 0. The van der Waals surface area contributed by atoms with Gasteiger partial charge in [-0.05, 0) is 37.1 Å². The third-order valence-electron chi connectivity index (χ3n) is 4.95. The molecule has 0 atom stereocenters. The molecule has 142 valence electrons. The van der Waals surface area contributed by atoms with Crippen molar-refractivity contribution in [2.45, 2.75) is 19.3 Å². The van der Waals surface area contributed by atoms with Gasteiger partial charge in [-0.25, -0.2) is 4.98 Å². The van der Waals surface area contributed by atoms with E-state index < -0.39 is 0 Å². The number of carbonyl (C=O) groups is 2. The molecule has 6 heteroatoms. The first kappa shape index (κ1) is 18.1. The highest BCUT2D eigenvalue weighted by atomic mass is 16.2. The fraction of sp³-hybridized carbons (Fsp3) is 0.273. The van der Waals surface area contributed by atoms with Crippen LogP contribution >= 0.6 is 0 Å². The Morgan fingerprint density at radius 1 is 1.11 bits per heavy atom. The van der Waals surface area contributed by atoms with Crippen LogP contribution in [0.3, 0.4) is 0 Å². The van der Waals surface area contributed by atoms with Gasteiger partial charge in [-0.15, -0.1) is 0 Å². The Bertz CT molecular complexity index is 1000. The van der Waals surface area contributed by atoms with Gasteiger partial charge in [0.05, 0.1) is 22.5 Å². The highest BCUT2D eigenvalue weighted by molar-refractivity contribution is 6.07. The summed E-state index contributed by atoms with van der Waals surface area (Å²) in [5.41, 5.74) is 2.75. The zero-order chi connectivity index (χ0) is 19.3. The number of pyridine rings is 2. The van der Waals surface area contributed by atoms with E-state index in [0.29, 0.717) is 30.8 Å². The number of hydrogen-bond acceptors (Lipinski definition) is 4. The van der Waals surface area contributed by atoms with Crippen LogP contribution in [0.1, 0.15) is 29.6 Å². The zero-order valence-corrected chi connectivity index (χ0v) is 15.6. The molecule has 3 aromatic rings. The molecule has 4 rings (SSSR count). The van der Waals surface area contributed by atoms with Gasteiger partial charge in [0, 0.05) is 37.6 Å². The molecule has 0 radical (unpaired) electrons. The Hall–Kier alpha value is -3.28. The number of aromatic nitrogens is 2. The minimum Gasteiger partial charge on any atom is -0.352 e. The van der Waals surface area contributed by atoms with Crippen LogP contribution < -0.4 is 5.32 Å². The number of fused-ring (bicyclic) bond motifs is 1. The van der Waals surface area contributed by atoms with Crippen LogP contribution in [0.15, 0.2) is 54.7 Å². The Balaban J connectivity index is 1.51. The van der Waals surface area contributed by atoms with Crippen LogP contribution in [0, 0.1) is 0 Å². The van der Waals surface area contributed by atoms with Crippen molar-refractivity contribution in [1.29, 1.82) is 0 Å². The summed E-state index contributed by atoms with van der Waals surface area (Å²) in [5.74, 6) is 0.0787. The van der Waals surface area contributed by atoms with Crippen LogP contribution in [0.4, 0.5) is 0 Å². The number of benzene rings is 1. The summed E-state index contributed by atoms with van der Waals surface area (Å²) < 4.78 is 0. The summed E-state index contributed by atoms with van der Waals surface area (Å²) in [4.78, 5) is 35.4. The summed E-state index contributed by atoms with van der Waals surface area (Å²) in [6, 6.07) is 15.0. The maximum Gasteiger partial charge on any atom is 0.252 e. The topological polar surface area (TPSA) is 75.2 Å². The van der Waals surface area contributed by atoms with E-state index in [-0.39, 0.29) is 11.8 Å². The largest absolute Gasteiger partial charge is 0.352 e. The van der Waals surface area contributed by atoms with Crippen molar-refractivity contribution in [2.75, 3.05) is 19.6 Å². The average Bonchev–Trinajstić information content (AvgIpc) is 3.15. The summed E-state index contributed by atoms with van der Waals surface area (Å²) >= 11 is 0. The van der Waals surface area contributed by atoms with E-state index in [1.165, 1.54) is 0 Å². The SMILES string of the molecule is O=C(NCCCN1CCCC1=O)c1cc(-c2ccccn2)nc2ccccc12. The second-order valence-corrected chi connectivity index (χ2v) is 6.88. The molecule has 0 saturated carbocycles. The molecule has 3 heterocycles. The first-order valence-corrected chi connectivity index (χ1v) is 9.59. The smallest absolute Gasteiger partial charge is 0.252 e. The summed E-state index contributed by atoms with van der Waals surface area (Å²) in [6.45, 7) is 2.04. The van der Waals surface area contributed by atoms with Gasteiger partial charge in [0.1, 0.15) is 0 Å². The second-order valence-electron chi connectivity index (χ2n) is 6.88. The molecule has 0 spiro atoms. The lowest BCUT2D eigenvalue weighted by molar-refractivity contribution is -0.127. The van der Waals surface area contributed by atoms with Gasteiger partial charge in [-0.3, -0.25) is 14.6 Å². The van der Waals surface area contributed by atoms with Crippen LogP contribution in [-0.2, 0) is 4.79 Å². The number of nitrogens with one attached hydrogen (secondary N) is 1. The highest BCUT2D eigenvalue weighted by Crippen LogP contribution is 2.23. The lowest BCUT2D eigenvalue weighted by Gasteiger charge is -2.15. The number of nitrogens with zero attached hydrogens (tertiary/aromatic N) is 3. The maximum absolute atomic E-state index is 12.9. The molecule has 6 nitrogen and oxygen atoms in total. The zero-order valence-electron chi connectivity index (χ0n) is 15.6. The predicted molar refractivity (Wildman–Crippen MR) is 108 cm³/mol. The lowest BCUT2D eigenvalue weighted by atomic mass is 10.1. The third-order valence-corrected chi connectivity index (χ3v) is 4.95. The quantitative estimate of drug-likeness (QED) is 0.673. The number of carbonyl (C=O) groups excluding carboxylic acids is 2. The Morgan fingerprint density at radius 2 is 1.96 bits per heavy atom. The highest BCUT2D eigenvalue weighted by Gasteiger charge is 2.19. The van der Waals surface area contributed by atoms with Crippen molar-refractivity contribution in [3.8, 4) is 11.4 Å². The molecule has 0 aliphatic carbocycles. The van der Waals surface area contributed by atoms with E-state index in [9.17, 15) is 9.59 Å². The number of rotatable bonds is 6. The minimum atomic E-state index is -0.136. The molecule has 1 aliphatic rings. The van der Waals surface area contributed by atoms with Gasteiger partial charge in [-0.2, -0.15) is 0 Å². The number of hydrogen-bond donors (Lipinski definition) is 1. The standard InChI is InChI=1S/C22H22N4O2/c27-21-10-5-13-26(21)14-6-12-24-22(28)17-15-20(19-9-3-4-11-23-19)25-18-8-2-1-7-16(17)18/h1-4,7-9,11,15H,5-6,10,12-14H2,(H,24,28). The number of likely N-dealkylation sites (tertiary alicyclic amines) is 1. The Morgan fingerprint density at radius 3 is 2.75 bits per heavy atom. The molecule has 2 aromatic heterocycles. The molecule has 1 saturated heterocycles. The molecule has 1 fully saturated rings. The van der Waals surface area contributed by atoms with Gasteiger partial charge >= 0.3 is 0 Å². The van der Waals surface area contributed by atoms with Crippen LogP contribution in [-0.4, -0.2) is 46.3 Å². The third kappa shape index (κ3) is 3.86. The first-order chi connectivity index (χ1) is 13.7. The molecular formula is C22H22N4O2. The summed E-state index contributed by atoms with van der Waals surface area (Å²) in [6.07, 6.45) is 4.04. The van der Waals surface area contributed by atoms with Gasteiger partial charge in [-0.1, -0.05) is 24.3 Å². The van der Waals surface area contributed by atoms with Crippen LogP contribution in [0.25, 0.3) is 22.3 Å². The molecule has 0 bridgehead atoms. The minimum absolute atomic E-state index is 0.136. The van der Waals surface area contributed by atoms with E-state index >= 15 is 0 Å². The van der Waals surface area contributed by atoms with Crippen molar-refractivity contribution in [2.24, 2.45) is 0 Å². The lowest BCUT2D eigenvalue weighted by Crippen LogP contribution is -2.30. The van der Waals surface area contributed by atoms with Crippen molar-refractivity contribution < 1.29 is 9.59 Å². The van der Waals surface area contributed by atoms with Gasteiger partial charge in [0.2, 0.25) is 5.91 Å². The van der Waals surface area contributed by atoms with Crippen molar-refractivity contribution in [3.63, 3.8) is 0 Å². The van der Waals surface area contributed by atoms with Gasteiger partial charge < -0.3 is 10.2 Å². The van der Waals surface area contributed by atoms with E-state index in [0.717, 1.165) is 36.0 Å². The van der Waals surface area contributed by atoms with Crippen molar-refractivity contribution in [1.82, 2.24) is 20.2 Å². The molecule has 28 heavy (non-hydrogen) atoms. The predicted octanol–water partition coefficient (Wildman–Crippen LogP) is 3.04. The molecule has 1 aliphatic heterocycles. The fourth-order valence-corrected chi connectivity index (χ4v) is 3.52. The van der Waals surface area contributed by atoms with E-state index in [1.807, 2.05) is 47.4 Å². The fourth-order valence-electron chi connectivity index (χ4n) is 3.52. The molecular weight excluding hydrogens is 352 g/mol. The Kier molecular flexibility index (Phi) is 5.28. The average molecular weight is 374 g/mol. The first-order valence-electron chi connectivity index (χ1n) is 9.59. The number of amides is 2. The van der Waals surface area contributed by atoms with E-state index in [1.54, 1.807) is 12.3 Å². The van der Waals surface area contributed by atoms with Crippen molar-refractivity contribution >= 4 is 22.7 Å². The van der Waals surface area contributed by atoms with Crippen molar-refractivity contribution in [3.05, 3.63) is 60.3 Å². The maximum atomic E-state index is 12.9. The molecule has 1 aromatic carbocycles. The number of para-hydroxylation sites is 1. The van der Waals surface area contributed by atoms with Gasteiger partial charge in [0.15, 0.2) is 0 Å². The van der Waals surface area contributed by atoms with E-state index in [2.05, 4.69) is 15.3 Å². The molecule has 0 unspecified atom stereocenters. The molecule has 2 amide bonds. The molecule has 1 N–H and O–H groups in total.